The van der Waals surface area contributed by atoms with Gasteiger partial charge in [0, 0.05) is 0 Å². The van der Waals surface area contributed by atoms with Crippen molar-refractivity contribution in [1.82, 2.24) is 0 Å². The van der Waals surface area contributed by atoms with E-state index in [2.05, 4.69) is 4.74 Å². The number of esters is 1. The number of aromatic carboxylic acids is 1. The van der Waals surface area contributed by atoms with Crippen LogP contribution < -0.4 is 0 Å². The van der Waals surface area contributed by atoms with Gasteiger partial charge in [-0.2, -0.15) is 0 Å². The zero-order valence-electron chi connectivity index (χ0n) is 11.5. The van der Waals surface area contributed by atoms with Gasteiger partial charge in [-0.25, -0.2) is 18.0 Å². The summed E-state index contributed by atoms with van der Waals surface area (Å²) in [5.41, 5.74) is 0.220. The van der Waals surface area contributed by atoms with Gasteiger partial charge >= 0.3 is 11.9 Å². The van der Waals surface area contributed by atoms with Crippen LogP contribution in [-0.4, -0.2) is 32.6 Å². The van der Waals surface area contributed by atoms with Crippen molar-refractivity contribution in [3.63, 3.8) is 0 Å². The van der Waals surface area contributed by atoms with Crippen molar-refractivity contribution < 1.29 is 27.9 Å². The van der Waals surface area contributed by atoms with Crippen molar-refractivity contribution in [3.05, 3.63) is 51.7 Å². The van der Waals surface area contributed by atoms with E-state index in [9.17, 15) is 18.0 Å². The van der Waals surface area contributed by atoms with E-state index in [4.69, 9.17) is 5.11 Å². The first-order valence-corrected chi connectivity index (χ1v) is 8.59. The molecule has 22 heavy (non-hydrogen) atoms. The van der Waals surface area contributed by atoms with Crippen LogP contribution >= 0.6 is 11.3 Å². The molecule has 0 bridgehead atoms. The van der Waals surface area contributed by atoms with Crippen LogP contribution in [0.1, 0.15) is 25.6 Å². The number of carbonyl (C=O) groups excluding carboxylic acids is 1. The monoisotopic (exact) mass is 340 g/mol. The normalized spacial score (nSPS) is 11.1. The highest BCUT2D eigenvalue weighted by Crippen LogP contribution is 2.24. The topological polar surface area (TPSA) is 97.7 Å². The fourth-order valence-corrected chi connectivity index (χ4v) is 4.17. The summed E-state index contributed by atoms with van der Waals surface area (Å²) in [7, 11) is -2.55. The quantitative estimate of drug-likeness (QED) is 0.838. The summed E-state index contributed by atoms with van der Waals surface area (Å²) in [6.45, 7) is 0. The Kier molecular flexibility index (Phi) is 4.62. The summed E-state index contributed by atoms with van der Waals surface area (Å²) in [5.74, 6) is -2.20. The molecule has 6 nitrogen and oxygen atoms in total. The van der Waals surface area contributed by atoms with Crippen molar-refractivity contribution in [2.75, 3.05) is 7.11 Å². The lowest BCUT2D eigenvalue weighted by atomic mass is 10.2. The Morgan fingerprint density at radius 3 is 2.64 bits per heavy atom. The van der Waals surface area contributed by atoms with E-state index >= 15 is 0 Å². The number of hydrogen-bond donors (Lipinski definition) is 1. The SMILES string of the molecule is COC(=O)c1sccc1CS(=O)(=O)c1cccc(C(=O)O)c1. The Hall–Kier alpha value is -2.19. The molecule has 0 amide bonds. The first-order chi connectivity index (χ1) is 10.3. The molecule has 8 heteroatoms. The average molecular weight is 340 g/mol. The molecule has 1 aromatic heterocycles. The number of rotatable bonds is 5. The second kappa shape index (κ2) is 6.29. The van der Waals surface area contributed by atoms with Crippen molar-refractivity contribution in [1.29, 1.82) is 0 Å². The number of ether oxygens (including phenoxy) is 1. The maximum Gasteiger partial charge on any atom is 0.348 e. The van der Waals surface area contributed by atoms with E-state index in [0.29, 0.717) is 5.56 Å². The summed E-state index contributed by atoms with van der Waals surface area (Å²) < 4.78 is 29.4. The molecular weight excluding hydrogens is 328 g/mol. The minimum Gasteiger partial charge on any atom is -0.478 e. The van der Waals surface area contributed by atoms with Gasteiger partial charge in [0.25, 0.3) is 0 Å². The number of hydrogen-bond acceptors (Lipinski definition) is 6. The molecule has 0 saturated carbocycles. The largest absolute Gasteiger partial charge is 0.478 e. The minimum absolute atomic E-state index is 0.102. The van der Waals surface area contributed by atoms with E-state index < -0.39 is 27.5 Å². The molecule has 0 aliphatic carbocycles. The molecule has 0 fully saturated rings. The predicted octanol–water partition coefficient (Wildman–Crippen LogP) is 2.21. The highest BCUT2D eigenvalue weighted by Gasteiger charge is 2.22. The molecule has 2 aromatic rings. The summed E-state index contributed by atoms with van der Waals surface area (Å²) in [5, 5.41) is 10.5. The van der Waals surface area contributed by atoms with Crippen LogP contribution in [0.25, 0.3) is 0 Å². The second-order valence-electron chi connectivity index (χ2n) is 4.36. The summed E-state index contributed by atoms with van der Waals surface area (Å²) in [6.07, 6.45) is 0. The van der Waals surface area contributed by atoms with E-state index in [1.54, 1.807) is 5.38 Å². The average Bonchev–Trinajstić information content (AvgIpc) is 2.94. The highest BCUT2D eigenvalue weighted by atomic mass is 32.2. The minimum atomic E-state index is -3.77. The van der Waals surface area contributed by atoms with Gasteiger partial charge in [0.15, 0.2) is 9.84 Å². The van der Waals surface area contributed by atoms with Crippen molar-refractivity contribution in [2.45, 2.75) is 10.6 Å². The fraction of sp³-hybridized carbons (Fsp3) is 0.143. The van der Waals surface area contributed by atoms with Crippen LogP contribution in [-0.2, 0) is 20.3 Å². The van der Waals surface area contributed by atoms with Gasteiger partial charge in [-0.15, -0.1) is 11.3 Å². The number of carboxylic acids is 1. The molecule has 1 heterocycles. The van der Waals surface area contributed by atoms with Gasteiger partial charge in [-0.3, -0.25) is 0 Å². The Morgan fingerprint density at radius 2 is 2.00 bits per heavy atom. The van der Waals surface area contributed by atoms with Crippen molar-refractivity contribution >= 4 is 33.1 Å². The number of thiophene rings is 1. The molecule has 2 rings (SSSR count). The Balaban J connectivity index is 2.37. The number of benzene rings is 1. The standard InChI is InChI=1S/C14H12O6S2/c1-20-14(17)12-10(5-6-21-12)8-22(18,19)11-4-2-3-9(7-11)13(15)16/h2-7H,8H2,1H3,(H,15,16). The second-order valence-corrected chi connectivity index (χ2v) is 7.26. The van der Waals surface area contributed by atoms with Crippen molar-refractivity contribution in [2.24, 2.45) is 0 Å². The molecular formula is C14H12O6S2. The van der Waals surface area contributed by atoms with E-state index in [-0.39, 0.29) is 15.3 Å². The van der Waals surface area contributed by atoms with Crippen LogP contribution in [0.5, 0.6) is 0 Å². The molecule has 0 aliphatic rings. The smallest absolute Gasteiger partial charge is 0.348 e. The first kappa shape index (κ1) is 16.2. The van der Waals surface area contributed by atoms with Crippen LogP contribution in [0, 0.1) is 0 Å². The van der Waals surface area contributed by atoms with Crippen LogP contribution in [0.4, 0.5) is 0 Å². The van der Waals surface area contributed by atoms with Gasteiger partial charge in [0.1, 0.15) is 4.88 Å². The predicted molar refractivity (Wildman–Crippen MR) is 79.9 cm³/mol. The van der Waals surface area contributed by atoms with Crippen molar-refractivity contribution in [3.8, 4) is 0 Å². The summed E-state index contributed by atoms with van der Waals surface area (Å²) >= 11 is 1.09. The Labute approximate surface area is 130 Å². The maximum absolute atomic E-state index is 12.4. The Morgan fingerprint density at radius 1 is 1.27 bits per heavy atom. The zero-order valence-corrected chi connectivity index (χ0v) is 13.1. The third-order valence-corrected chi connectivity index (χ3v) is 5.50. The van der Waals surface area contributed by atoms with Gasteiger partial charge in [0.05, 0.1) is 23.3 Å². The van der Waals surface area contributed by atoms with E-state index in [1.165, 1.54) is 31.4 Å². The number of sulfone groups is 1. The number of methoxy groups -OCH3 is 1. The molecule has 0 atom stereocenters. The summed E-state index contributed by atoms with van der Waals surface area (Å²) in [4.78, 5) is 22.6. The Bertz CT molecular complexity index is 819. The molecule has 1 N–H and O–H groups in total. The lowest BCUT2D eigenvalue weighted by molar-refractivity contribution is 0.0604. The van der Waals surface area contributed by atoms with Gasteiger partial charge in [-0.1, -0.05) is 6.07 Å². The van der Waals surface area contributed by atoms with Crippen LogP contribution in [0.3, 0.4) is 0 Å². The molecule has 0 unspecified atom stereocenters. The third-order valence-electron chi connectivity index (χ3n) is 2.90. The van der Waals surface area contributed by atoms with Crippen LogP contribution in [0.15, 0.2) is 40.6 Å². The fourth-order valence-electron chi connectivity index (χ4n) is 1.83. The van der Waals surface area contributed by atoms with Crippen LogP contribution in [0.2, 0.25) is 0 Å². The highest BCUT2D eigenvalue weighted by molar-refractivity contribution is 7.90. The molecule has 0 aliphatic heterocycles. The van der Waals surface area contributed by atoms with Gasteiger partial charge in [-0.05, 0) is 35.2 Å². The summed E-state index contributed by atoms with van der Waals surface area (Å²) in [6, 6.07) is 6.64. The molecule has 1 aromatic carbocycles. The number of carbonyl (C=O) groups is 2. The molecule has 0 spiro atoms. The first-order valence-electron chi connectivity index (χ1n) is 6.06. The zero-order chi connectivity index (χ0) is 16.3. The van der Waals surface area contributed by atoms with E-state index in [0.717, 1.165) is 17.4 Å². The molecule has 116 valence electrons. The lowest BCUT2D eigenvalue weighted by Crippen LogP contribution is -2.09. The molecule has 0 radical (unpaired) electrons. The lowest BCUT2D eigenvalue weighted by Gasteiger charge is -2.06. The van der Waals surface area contributed by atoms with E-state index in [1.807, 2.05) is 0 Å². The third kappa shape index (κ3) is 3.34. The molecule has 0 saturated heterocycles. The number of carboxylic acid groups (broad SMARTS) is 1. The maximum atomic E-state index is 12.4. The van der Waals surface area contributed by atoms with Gasteiger partial charge < -0.3 is 9.84 Å². The van der Waals surface area contributed by atoms with Gasteiger partial charge in [0.2, 0.25) is 0 Å².